The molecular weight excluding hydrogens is 272 g/mol. The average molecular weight is 294 g/mol. The number of hydrogen-bond donors (Lipinski definition) is 3. The number of rotatable bonds is 7. The summed E-state index contributed by atoms with van der Waals surface area (Å²) in [5.74, 6) is 0.331. The normalized spacial score (nSPS) is 13.4. The Hall–Kier alpha value is -1.77. The molecule has 8 heteroatoms. The Bertz CT molecular complexity index is 585. The van der Waals surface area contributed by atoms with Crippen LogP contribution in [0.15, 0.2) is 12.7 Å². The second kappa shape index (κ2) is 6.79. The molecule has 0 spiro atoms. The van der Waals surface area contributed by atoms with Crippen LogP contribution >= 0.6 is 0 Å². The van der Waals surface area contributed by atoms with Crippen LogP contribution in [0.5, 0.6) is 0 Å². The molecule has 0 bridgehead atoms. The Morgan fingerprint density at radius 1 is 1.33 bits per heavy atom. The van der Waals surface area contributed by atoms with Crippen molar-refractivity contribution in [2.75, 3.05) is 25.4 Å². The van der Waals surface area contributed by atoms with Gasteiger partial charge in [-0.05, 0) is 13.8 Å². The number of aliphatic hydroxyl groups excluding tert-OH is 2. The minimum Gasteiger partial charge on any atom is -0.395 e. The number of fused-ring (bicyclic) bond motifs is 1. The summed E-state index contributed by atoms with van der Waals surface area (Å²) in [6.45, 7) is 5.50. The molecule has 2 aromatic rings. The maximum absolute atomic E-state index is 10.2. The quantitative estimate of drug-likeness (QED) is 0.629. The van der Waals surface area contributed by atoms with Crippen molar-refractivity contribution in [3.05, 3.63) is 12.7 Å². The highest BCUT2D eigenvalue weighted by molar-refractivity contribution is 5.81. The lowest BCUT2D eigenvalue weighted by Gasteiger charge is -2.28. The molecule has 2 heterocycles. The zero-order valence-corrected chi connectivity index (χ0v) is 12.3. The Kier molecular flexibility index (Phi) is 5.05. The fourth-order valence-electron chi connectivity index (χ4n) is 2.28. The van der Waals surface area contributed by atoms with Crippen molar-refractivity contribution < 1.29 is 10.2 Å². The van der Waals surface area contributed by atoms with Crippen LogP contribution in [0.25, 0.3) is 11.2 Å². The van der Waals surface area contributed by atoms with Gasteiger partial charge in [-0.3, -0.25) is 4.90 Å². The summed E-state index contributed by atoms with van der Waals surface area (Å²) < 4.78 is 1.76. The van der Waals surface area contributed by atoms with Gasteiger partial charge in [-0.25, -0.2) is 15.0 Å². The largest absolute Gasteiger partial charge is 0.395 e. The molecule has 0 aliphatic heterocycles. The minimum atomic E-state index is -0.590. The van der Waals surface area contributed by atoms with E-state index in [1.165, 1.54) is 6.33 Å². The van der Waals surface area contributed by atoms with Gasteiger partial charge >= 0.3 is 0 Å². The average Bonchev–Trinajstić information content (AvgIpc) is 2.83. The first kappa shape index (κ1) is 15.6. The second-order valence-electron chi connectivity index (χ2n) is 5.29. The van der Waals surface area contributed by atoms with E-state index in [1.54, 1.807) is 10.9 Å². The first-order valence-corrected chi connectivity index (χ1v) is 6.97. The molecule has 0 saturated heterocycles. The first-order chi connectivity index (χ1) is 10.0. The molecule has 0 saturated carbocycles. The monoisotopic (exact) mass is 294 g/mol. The number of anilines is 1. The summed E-state index contributed by atoms with van der Waals surface area (Å²) in [7, 11) is 0. The van der Waals surface area contributed by atoms with Crippen LogP contribution in [0.4, 0.5) is 5.82 Å². The van der Waals surface area contributed by atoms with E-state index < -0.39 is 6.10 Å². The number of nitrogens with two attached hydrogens (primary N) is 1. The predicted molar refractivity (Wildman–Crippen MR) is 79.5 cm³/mol. The van der Waals surface area contributed by atoms with E-state index in [2.05, 4.69) is 15.0 Å². The lowest BCUT2D eigenvalue weighted by Crippen LogP contribution is -2.40. The molecule has 0 fully saturated rings. The van der Waals surface area contributed by atoms with Crippen molar-refractivity contribution in [3.8, 4) is 0 Å². The van der Waals surface area contributed by atoms with Crippen molar-refractivity contribution in [1.29, 1.82) is 0 Å². The van der Waals surface area contributed by atoms with Crippen LogP contribution in [0.1, 0.15) is 13.8 Å². The Labute approximate surface area is 123 Å². The van der Waals surface area contributed by atoms with Gasteiger partial charge in [0.25, 0.3) is 0 Å². The third-order valence-corrected chi connectivity index (χ3v) is 3.40. The number of hydrogen-bond acceptors (Lipinski definition) is 7. The van der Waals surface area contributed by atoms with Crippen LogP contribution in [-0.2, 0) is 6.54 Å². The summed E-state index contributed by atoms with van der Waals surface area (Å²) in [5, 5.41) is 19.3. The van der Waals surface area contributed by atoms with E-state index >= 15 is 0 Å². The van der Waals surface area contributed by atoms with Crippen LogP contribution in [0.3, 0.4) is 0 Å². The Morgan fingerprint density at radius 3 is 2.76 bits per heavy atom. The molecule has 0 aliphatic rings. The third-order valence-electron chi connectivity index (χ3n) is 3.40. The molecule has 116 valence electrons. The molecule has 2 aromatic heterocycles. The van der Waals surface area contributed by atoms with Gasteiger partial charge in [-0.2, -0.15) is 0 Å². The van der Waals surface area contributed by atoms with Crippen molar-refractivity contribution in [2.24, 2.45) is 0 Å². The van der Waals surface area contributed by atoms with E-state index in [0.717, 1.165) is 0 Å². The molecule has 0 radical (unpaired) electrons. The van der Waals surface area contributed by atoms with Gasteiger partial charge in [0, 0.05) is 19.1 Å². The molecule has 2 rings (SSSR count). The highest BCUT2D eigenvalue weighted by Crippen LogP contribution is 2.14. The number of nitrogen functional groups attached to an aromatic ring is 1. The zero-order chi connectivity index (χ0) is 15.4. The third kappa shape index (κ3) is 3.66. The van der Waals surface area contributed by atoms with E-state index in [1.807, 2.05) is 18.7 Å². The zero-order valence-electron chi connectivity index (χ0n) is 12.3. The lowest BCUT2D eigenvalue weighted by atomic mass is 10.2. The summed E-state index contributed by atoms with van der Waals surface area (Å²) in [5.41, 5.74) is 6.89. The van der Waals surface area contributed by atoms with Gasteiger partial charge in [0.2, 0.25) is 0 Å². The molecule has 8 nitrogen and oxygen atoms in total. The van der Waals surface area contributed by atoms with Gasteiger partial charge in [0.05, 0.1) is 25.6 Å². The maximum Gasteiger partial charge on any atom is 0.165 e. The van der Waals surface area contributed by atoms with E-state index in [-0.39, 0.29) is 12.6 Å². The molecule has 4 N–H and O–H groups in total. The predicted octanol–water partition coefficient (Wildman–Crippen LogP) is -0.528. The molecule has 0 aliphatic carbocycles. The lowest BCUT2D eigenvalue weighted by molar-refractivity contribution is 0.0724. The summed E-state index contributed by atoms with van der Waals surface area (Å²) in [6.07, 6.45) is 2.39. The number of aliphatic hydroxyl groups is 2. The number of aromatic nitrogens is 4. The van der Waals surface area contributed by atoms with Crippen LogP contribution in [0.2, 0.25) is 0 Å². The van der Waals surface area contributed by atoms with Gasteiger partial charge in [0.15, 0.2) is 11.5 Å². The van der Waals surface area contributed by atoms with E-state index in [4.69, 9.17) is 10.8 Å². The van der Waals surface area contributed by atoms with Gasteiger partial charge in [-0.1, -0.05) is 0 Å². The summed E-state index contributed by atoms with van der Waals surface area (Å²) >= 11 is 0. The SMILES string of the molecule is CC(C)N(CCO)CC(O)Cn1cnc2c(N)ncnc21. The summed E-state index contributed by atoms with van der Waals surface area (Å²) in [6, 6.07) is 0.254. The minimum absolute atomic E-state index is 0.0721. The molecule has 0 amide bonds. The molecular formula is C13H22N6O2. The van der Waals surface area contributed by atoms with Crippen molar-refractivity contribution in [3.63, 3.8) is 0 Å². The fraction of sp³-hybridized carbons (Fsp3) is 0.615. The Morgan fingerprint density at radius 2 is 2.10 bits per heavy atom. The topological polar surface area (TPSA) is 113 Å². The maximum atomic E-state index is 10.2. The molecule has 1 atom stereocenters. The van der Waals surface area contributed by atoms with Gasteiger partial charge in [0.1, 0.15) is 11.8 Å². The molecule has 1 unspecified atom stereocenters. The van der Waals surface area contributed by atoms with Crippen LogP contribution < -0.4 is 5.73 Å². The van der Waals surface area contributed by atoms with E-state index in [0.29, 0.717) is 36.6 Å². The van der Waals surface area contributed by atoms with Gasteiger partial charge in [-0.15, -0.1) is 0 Å². The van der Waals surface area contributed by atoms with Crippen LogP contribution in [0, 0.1) is 0 Å². The molecule has 0 aromatic carbocycles. The first-order valence-electron chi connectivity index (χ1n) is 6.97. The van der Waals surface area contributed by atoms with Gasteiger partial charge < -0.3 is 20.5 Å². The highest BCUT2D eigenvalue weighted by Gasteiger charge is 2.16. The second-order valence-corrected chi connectivity index (χ2v) is 5.29. The Balaban J connectivity index is 2.07. The van der Waals surface area contributed by atoms with Crippen molar-refractivity contribution in [1.82, 2.24) is 24.4 Å². The van der Waals surface area contributed by atoms with Crippen LogP contribution in [-0.4, -0.2) is 66.5 Å². The highest BCUT2D eigenvalue weighted by atomic mass is 16.3. The van der Waals surface area contributed by atoms with Crippen molar-refractivity contribution in [2.45, 2.75) is 32.5 Å². The van der Waals surface area contributed by atoms with E-state index in [9.17, 15) is 5.11 Å². The molecule has 21 heavy (non-hydrogen) atoms. The van der Waals surface area contributed by atoms with Crippen molar-refractivity contribution >= 4 is 17.0 Å². The summed E-state index contributed by atoms with van der Waals surface area (Å²) in [4.78, 5) is 14.2. The number of nitrogens with zero attached hydrogens (tertiary/aromatic N) is 5. The fourth-order valence-corrected chi connectivity index (χ4v) is 2.28. The number of imidazole rings is 1. The standard InChI is InChI=1S/C13H22N6O2/c1-9(2)18(3-4-20)5-10(21)6-19-8-17-11-12(14)15-7-16-13(11)19/h7-10,20-21H,3-6H2,1-2H3,(H2,14,15,16). The smallest absolute Gasteiger partial charge is 0.165 e.